The maximum absolute atomic E-state index is 12.6. The van der Waals surface area contributed by atoms with Crippen molar-refractivity contribution < 1.29 is 4.79 Å². The Morgan fingerprint density at radius 3 is 2.75 bits per heavy atom. The van der Waals surface area contributed by atoms with E-state index in [4.69, 9.17) is 0 Å². The first-order chi connectivity index (χ1) is 11.7. The molecule has 0 radical (unpaired) electrons. The number of H-pyrrole nitrogens is 1. The minimum Gasteiger partial charge on any atom is -0.345 e. The number of hydrogen-bond acceptors (Lipinski definition) is 3. The highest BCUT2D eigenvalue weighted by Crippen LogP contribution is 2.25. The molecule has 0 aliphatic rings. The number of thioether (sulfide) groups is 1. The summed E-state index contributed by atoms with van der Waals surface area (Å²) in [4.78, 5) is 20.0. The summed E-state index contributed by atoms with van der Waals surface area (Å²) in [5.74, 6) is 0.859. The lowest BCUT2D eigenvalue weighted by Gasteiger charge is -2.22. The number of aromatic nitrogens is 2. The van der Waals surface area contributed by atoms with Gasteiger partial charge in [-0.15, -0.1) is 0 Å². The van der Waals surface area contributed by atoms with Crippen molar-refractivity contribution >= 4 is 28.7 Å². The predicted molar refractivity (Wildman–Crippen MR) is 100 cm³/mol. The normalized spacial score (nSPS) is 13.6. The summed E-state index contributed by atoms with van der Waals surface area (Å²) < 4.78 is 0. The fourth-order valence-electron chi connectivity index (χ4n) is 2.75. The average molecular weight is 339 g/mol. The topological polar surface area (TPSA) is 57.8 Å². The third-order valence-electron chi connectivity index (χ3n) is 4.06. The van der Waals surface area contributed by atoms with Crippen LogP contribution in [0.25, 0.3) is 11.0 Å². The zero-order chi connectivity index (χ0) is 16.9. The molecule has 3 rings (SSSR count). The molecule has 0 saturated carbocycles. The van der Waals surface area contributed by atoms with Gasteiger partial charge in [0.05, 0.1) is 23.4 Å². The van der Waals surface area contributed by atoms with Crippen molar-refractivity contribution in [2.24, 2.45) is 5.92 Å². The minimum atomic E-state index is -0.171. The Morgan fingerprint density at radius 1 is 1.21 bits per heavy atom. The molecule has 0 saturated heterocycles. The maximum Gasteiger partial charge on any atom is 0.224 e. The second-order valence-corrected chi connectivity index (χ2v) is 6.80. The fourth-order valence-corrected chi connectivity index (χ4v) is 3.40. The average Bonchev–Trinajstić information content (AvgIpc) is 3.08. The SMILES string of the molecule is CSC[C@H](C)C(=O)N[C@@H](c1ccccc1)c1ccc2nc[nH]c2c1. The van der Waals surface area contributed by atoms with Gasteiger partial charge in [0.2, 0.25) is 5.91 Å². The van der Waals surface area contributed by atoms with Gasteiger partial charge in [0.1, 0.15) is 0 Å². The van der Waals surface area contributed by atoms with Crippen molar-refractivity contribution in [1.82, 2.24) is 15.3 Å². The molecule has 5 heteroatoms. The van der Waals surface area contributed by atoms with Crippen LogP contribution in [0.15, 0.2) is 54.9 Å². The first-order valence-electron chi connectivity index (χ1n) is 7.96. The molecule has 0 aliphatic heterocycles. The van der Waals surface area contributed by atoms with Gasteiger partial charge < -0.3 is 10.3 Å². The van der Waals surface area contributed by atoms with Crippen LogP contribution in [0.3, 0.4) is 0 Å². The van der Waals surface area contributed by atoms with E-state index >= 15 is 0 Å². The van der Waals surface area contributed by atoms with Gasteiger partial charge in [0, 0.05) is 11.7 Å². The number of amides is 1. The van der Waals surface area contributed by atoms with Crippen LogP contribution in [-0.4, -0.2) is 27.9 Å². The zero-order valence-electron chi connectivity index (χ0n) is 13.8. The second kappa shape index (κ2) is 7.53. The van der Waals surface area contributed by atoms with Gasteiger partial charge in [-0.1, -0.05) is 43.3 Å². The molecule has 4 nitrogen and oxygen atoms in total. The molecule has 2 N–H and O–H groups in total. The van der Waals surface area contributed by atoms with Crippen molar-refractivity contribution in [3.05, 3.63) is 66.0 Å². The molecule has 1 amide bonds. The quantitative estimate of drug-likeness (QED) is 0.719. The molecule has 0 fully saturated rings. The number of benzene rings is 2. The molecule has 2 aromatic carbocycles. The summed E-state index contributed by atoms with van der Waals surface area (Å²) in [5.41, 5.74) is 4.01. The van der Waals surface area contributed by atoms with Gasteiger partial charge in [-0.3, -0.25) is 4.79 Å². The summed E-state index contributed by atoms with van der Waals surface area (Å²) in [5, 5.41) is 3.20. The number of imidazole rings is 1. The standard InChI is InChI=1S/C19H21N3OS/c1-13(11-24-2)19(23)22-18(14-6-4-3-5-7-14)15-8-9-16-17(10-15)21-12-20-16/h3-10,12-13,18H,11H2,1-2H3,(H,20,21)(H,22,23)/t13-,18-/m0/s1. The number of nitrogens with zero attached hydrogens (tertiary/aromatic N) is 1. The van der Waals surface area contributed by atoms with Crippen LogP contribution in [0, 0.1) is 5.92 Å². The fraction of sp³-hybridized carbons (Fsp3) is 0.263. The number of rotatable bonds is 6. The second-order valence-electron chi connectivity index (χ2n) is 5.89. The predicted octanol–water partition coefficient (Wildman–Crippen LogP) is 3.77. The molecule has 0 aliphatic carbocycles. The van der Waals surface area contributed by atoms with E-state index in [-0.39, 0.29) is 17.9 Å². The minimum absolute atomic E-state index is 0.0258. The lowest BCUT2D eigenvalue weighted by atomic mass is 9.97. The molecular formula is C19H21N3OS. The highest BCUT2D eigenvalue weighted by atomic mass is 32.2. The summed E-state index contributed by atoms with van der Waals surface area (Å²) in [6.45, 7) is 1.96. The highest BCUT2D eigenvalue weighted by Gasteiger charge is 2.20. The van der Waals surface area contributed by atoms with Crippen LogP contribution in [0.4, 0.5) is 0 Å². The van der Waals surface area contributed by atoms with Crippen LogP contribution in [0.5, 0.6) is 0 Å². The number of carbonyl (C=O) groups excluding carboxylic acids is 1. The van der Waals surface area contributed by atoms with E-state index in [2.05, 4.69) is 21.4 Å². The van der Waals surface area contributed by atoms with Gasteiger partial charge in [-0.2, -0.15) is 11.8 Å². The number of carbonyl (C=O) groups is 1. The monoisotopic (exact) mass is 339 g/mol. The third kappa shape index (κ3) is 3.62. The summed E-state index contributed by atoms with van der Waals surface area (Å²) in [7, 11) is 0. The van der Waals surface area contributed by atoms with E-state index in [1.807, 2.05) is 55.6 Å². The summed E-state index contributed by atoms with van der Waals surface area (Å²) >= 11 is 1.69. The van der Waals surface area contributed by atoms with Gasteiger partial charge in [-0.25, -0.2) is 4.98 Å². The third-order valence-corrected chi connectivity index (χ3v) is 4.89. The first kappa shape index (κ1) is 16.6. The van der Waals surface area contributed by atoms with E-state index in [0.29, 0.717) is 0 Å². The van der Waals surface area contributed by atoms with E-state index in [9.17, 15) is 4.79 Å². The molecule has 0 unspecified atom stereocenters. The van der Waals surface area contributed by atoms with E-state index in [1.54, 1.807) is 18.1 Å². The van der Waals surface area contributed by atoms with Crippen LogP contribution in [0.2, 0.25) is 0 Å². The van der Waals surface area contributed by atoms with Crippen LogP contribution in [0.1, 0.15) is 24.1 Å². The zero-order valence-corrected chi connectivity index (χ0v) is 14.6. The van der Waals surface area contributed by atoms with Crippen LogP contribution >= 0.6 is 11.8 Å². The largest absolute Gasteiger partial charge is 0.345 e. The Balaban J connectivity index is 1.94. The van der Waals surface area contributed by atoms with Crippen molar-refractivity contribution in [3.8, 4) is 0 Å². The Bertz CT molecular complexity index is 816. The molecule has 24 heavy (non-hydrogen) atoms. The smallest absolute Gasteiger partial charge is 0.224 e. The Kier molecular flexibility index (Phi) is 5.20. The Morgan fingerprint density at radius 2 is 2.00 bits per heavy atom. The Labute approximate surface area is 146 Å². The summed E-state index contributed by atoms with van der Waals surface area (Å²) in [6.07, 6.45) is 3.70. The van der Waals surface area contributed by atoms with Crippen molar-refractivity contribution in [2.75, 3.05) is 12.0 Å². The lowest BCUT2D eigenvalue weighted by Crippen LogP contribution is -2.34. The van der Waals surface area contributed by atoms with Crippen molar-refractivity contribution in [1.29, 1.82) is 0 Å². The molecule has 2 atom stereocenters. The van der Waals surface area contributed by atoms with Gasteiger partial charge in [0.15, 0.2) is 0 Å². The van der Waals surface area contributed by atoms with E-state index in [1.165, 1.54) is 0 Å². The van der Waals surface area contributed by atoms with Crippen molar-refractivity contribution in [2.45, 2.75) is 13.0 Å². The molecule has 3 aromatic rings. The number of nitrogens with one attached hydrogen (secondary N) is 2. The van der Waals surface area contributed by atoms with Crippen LogP contribution in [-0.2, 0) is 4.79 Å². The number of fused-ring (bicyclic) bond motifs is 1. The highest BCUT2D eigenvalue weighted by molar-refractivity contribution is 7.98. The van der Waals surface area contributed by atoms with Gasteiger partial charge in [-0.05, 0) is 29.5 Å². The molecule has 1 heterocycles. The lowest BCUT2D eigenvalue weighted by molar-refractivity contribution is -0.124. The number of aromatic amines is 1. The first-order valence-corrected chi connectivity index (χ1v) is 9.35. The molecule has 0 bridgehead atoms. The van der Waals surface area contributed by atoms with Crippen molar-refractivity contribution in [3.63, 3.8) is 0 Å². The summed E-state index contributed by atoms with van der Waals surface area (Å²) in [6, 6.07) is 16.0. The van der Waals surface area contributed by atoms with Gasteiger partial charge in [0.25, 0.3) is 0 Å². The molecule has 1 aromatic heterocycles. The maximum atomic E-state index is 12.6. The molecule has 0 spiro atoms. The van der Waals surface area contributed by atoms with Crippen LogP contribution < -0.4 is 5.32 Å². The molecule has 124 valence electrons. The van der Waals surface area contributed by atoms with E-state index < -0.39 is 0 Å². The van der Waals surface area contributed by atoms with Gasteiger partial charge >= 0.3 is 0 Å². The Hall–Kier alpha value is -2.27. The van der Waals surface area contributed by atoms with E-state index in [0.717, 1.165) is 27.9 Å². The molecular weight excluding hydrogens is 318 g/mol. The number of hydrogen-bond donors (Lipinski definition) is 2.